The Balaban J connectivity index is 0. The van der Waals surface area contributed by atoms with Crippen molar-refractivity contribution in [1.82, 2.24) is 0 Å². The molecule has 0 aromatic heterocycles. The van der Waals surface area contributed by atoms with Crippen LogP contribution in [0.4, 0.5) is 0 Å². The molecule has 0 aliphatic heterocycles. The summed E-state index contributed by atoms with van der Waals surface area (Å²) < 4.78 is 0. The molecule has 61 valence electrons. The second-order valence-electron chi connectivity index (χ2n) is 2.74. The number of aliphatic carboxylic acids is 1. The van der Waals surface area contributed by atoms with Crippen LogP contribution < -0.4 is 0 Å². The minimum Gasteiger partial charge on any atom is -0.481 e. The van der Waals surface area contributed by atoms with Crippen LogP contribution in [0.2, 0.25) is 0 Å². The largest absolute Gasteiger partial charge is 0.481 e. The molecule has 3 heteroatoms. The molecule has 0 aliphatic rings. The van der Waals surface area contributed by atoms with Crippen molar-refractivity contribution in [2.24, 2.45) is 5.92 Å². The van der Waals surface area contributed by atoms with E-state index in [2.05, 4.69) is 6.92 Å². The van der Waals surface area contributed by atoms with Gasteiger partial charge in [0, 0.05) is 29.6 Å². The van der Waals surface area contributed by atoms with Crippen molar-refractivity contribution in [3.05, 3.63) is 0 Å². The van der Waals surface area contributed by atoms with E-state index in [4.69, 9.17) is 5.11 Å². The Morgan fingerprint density at radius 3 is 2.36 bits per heavy atom. The number of hydrogen-bond acceptors (Lipinski definition) is 1. The first-order valence-electron chi connectivity index (χ1n) is 3.91. The maximum atomic E-state index is 10.3. The monoisotopic (exact) mass is 167 g/mol. The van der Waals surface area contributed by atoms with Gasteiger partial charge in [-0.1, -0.05) is 33.1 Å². The first kappa shape index (κ1) is 14.0. The van der Waals surface area contributed by atoms with Gasteiger partial charge in [-0.25, -0.2) is 0 Å². The Morgan fingerprint density at radius 1 is 1.45 bits per heavy atom. The van der Waals surface area contributed by atoms with E-state index in [0.717, 1.165) is 25.7 Å². The molecule has 1 atom stereocenters. The third-order valence-electron chi connectivity index (χ3n) is 1.66. The first-order valence-corrected chi connectivity index (χ1v) is 3.91. The van der Waals surface area contributed by atoms with Gasteiger partial charge in [-0.2, -0.15) is 0 Å². The van der Waals surface area contributed by atoms with Crippen molar-refractivity contribution in [2.75, 3.05) is 0 Å². The molecule has 2 nitrogen and oxygen atoms in total. The molecule has 0 heterocycles. The Labute approximate surface area is 90.7 Å². The molecule has 0 aromatic rings. The smallest absolute Gasteiger partial charge is 0.306 e. The van der Waals surface area contributed by atoms with Crippen molar-refractivity contribution < 1.29 is 9.90 Å². The molecular formula is C8H16NaO2. The minimum absolute atomic E-state index is 0. The van der Waals surface area contributed by atoms with Crippen LogP contribution in [0.3, 0.4) is 0 Å². The summed E-state index contributed by atoms with van der Waals surface area (Å²) in [4.78, 5) is 10.3. The van der Waals surface area contributed by atoms with Crippen LogP contribution in [-0.2, 0) is 4.79 Å². The van der Waals surface area contributed by atoms with Crippen LogP contribution in [0.15, 0.2) is 0 Å². The predicted octanol–water partition coefficient (Wildman–Crippen LogP) is 1.91. The molecule has 0 bridgehead atoms. The van der Waals surface area contributed by atoms with E-state index < -0.39 is 5.97 Å². The van der Waals surface area contributed by atoms with Gasteiger partial charge in [0.2, 0.25) is 0 Å². The fraction of sp³-hybridized carbons (Fsp3) is 0.875. The van der Waals surface area contributed by atoms with Crippen LogP contribution in [0, 0.1) is 5.92 Å². The predicted molar refractivity (Wildman–Crippen MR) is 46.7 cm³/mol. The van der Waals surface area contributed by atoms with Gasteiger partial charge in [0.25, 0.3) is 0 Å². The number of carboxylic acids is 1. The van der Waals surface area contributed by atoms with Crippen molar-refractivity contribution in [3.8, 4) is 0 Å². The summed E-state index contributed by atoms with van der Waals surface area (Å²) >= 11 is 0. The zero-order chi connectivity index (χ0) is 7.98. The zero-order valence-corrected chi connectivity index (χ0v) is 9.76. The van der Waals surface area contributed by atoms with E-state index in [-0.39, 0.29) is 35.5 Å². The summed E-state index contributed by atoms with van der Waals surface area (Å²) in [5.74, 6) is -0.831. The van der Waals surface area contributed by atoms with Gasteiger partial charge in [0.15, 0.2) is 0 Å². The molecule has 0 rings (SSSR count). The van der Waals surface area contributed by atoms with E-state index in [1.165, 1.54) is 0 Å². The van der Waals surface area contributed by atoms with Crippen LogP contribution in [-0.4, -0.2) is 40.6 Å². The van der Waals surface area contributed by atoms with Gasteiger partial charge in [-0.15, -0.1) is 0 Å². The number of carboxylic acid groups (broad SMARTS) is 1. The third-order valence-corrected chi connectivity index (χ3v) is 1.66. The summed E-state index contributed by atoms with van der Waals surface area (Å²) in [6.07, 6.45) is 4.18. The molecule has 11 heavy (non-hydrogen) atoms. The number of unbranched alkanes of at least 4 members (excludes halogenated alkanes) is 2. The van der Waals surface area contributed by atoms with E-state index in [1.54, 1.807) is 6.92 Å². The van der Waals surface area contributed by atoms with Gasteiger partial charge >= 0.3 is 5.97 Å². The second kappa shape index (κ2) is 8.57. The summed E-state index contributed by atoms with van der Waals surface area (Å²) in [6.45, 7) is 3.88. The molecule has 0 fully saturated rings. The summed E-state index contributed by atoms with van der Waals surface area (Å²) in [6, 6.07) is 0. The molecule has 0 saturated carbocycles. The standard InChI is InChI=1S/C8H16O2.Na/c1-3-4-5-6-7(2)8(9)10;/h7H,3-6H2,1-2H3,(H,9,10);. The number of rotatable bonds is 5. The molecule has 0 aliphatic carbocycles. The third kappa shape index (κ3) is 8.38. The average Bonchev–Trinajstić information content (AvgIpc) is 1.88. The summed E-state index contributed by atoms with van der Waals surface area (Å²) in [7, 11) is 0. The van der Waals surface area contributed by atoms with Crippen LogP contribution in [0.5, 0.6) is 0 Å². The van der Waals surface area contributed by atoms with Crippen molar-refractivity contribution in [2.45, 2.75) is 39.5 Å². The Bertz CT molecular complexity index is 104. The molecule has 1 radical (unpaired) electrons. The SMILES string of the molecule is CCCCCC(C)C(=O)O.[Na]. The van der Waals surface area contributed by atoms with E-state index >= 15 is 0 Å². The van der Waals surface area contributed by atoms with Crippen molar-refractivity contribution in [3.63, 3.8) is 0 Å². The average molecular weight is 167 g/mol. The Hall–Kier alpha value is 0.470. The van der Waals surface area contributed by atoms with Gasteiger partial charge in [0.1, 0.15) is 0 Å². The molecule has 0 spiro atoms. The van der Waals surface area contributed by atoms with Crippen LogP contribution in [0.1, 0.15) is 39.5 Å². The van der Waals surface area contributed by atoms with Crippen molar-refractivity contribution in [1.29, 1.82) is 0 Å². The molecule has 1 N–H and O–H groups in total. The van der Waals surface area contributed by atoms with Gasteiger partial charge < -0.3 is 5.11 Å². The fourth-order valence-electron chi connectivity index (χ4n) is 0.824. The van der Waals surface area contributed by atoms with Gasteiger partial charge in [-0.05, 0) is 6.42 Å². The van der Waals surface area contributed by atoms with E-state index in [1.807, 2.05) is 0 Å². The molecule has 0 aromatic carbocycles. The maximum absolute atomic E-state index is 10.3. The number of hydrogen-bond donors (Lipinski definition) is 1. The molecule has 1 unspecified atom stereocenters. The Kier molecular flexibility index (Phi) is 10.9. The zero-order valence-electron chi connectivity index (χ0n) is 7.76. The van der Waals surface area contributed by atoms with Gasteiger partial charge in [0.05, 0.1) is 5.92 Å². The molecular weight excluding hydrogens is 151 g/mol. The van der Waals surface area contributed by atoms with E-state index in [9.17, 15) is 4.79 Å². The van der Waals surface area contributed by atoms with Crippen LogP contribution in [0.25, 0.3) is 0 Å². The minimum atomic E-state index is -0.670. The number of carbonyl (C=O) groups is 1. The van der Waals surface area contributed by atoms with Crippen LogP contribution >= 0.6 is 0 Å². The molecule has 0 saturated heterocycles. The Morgan fingerprint density at radius 2 is 2.00 bits per heavy atom. The summed E-state index contributed by atoms with van der Waals surface area (Å²) in [5.41, 5.74) is 0. The normalized spacial score (nSPS) is 11.8. The fourth-order valence-corrected chi connectivity index (χ4v) is 0.824. The maximum Gasteiger partial charge on any atom is 0.306 e. The quantitative estimate of drug-likeness (QED) is 0.501. The summed E-state index contributed by atoms with van der Waals surface area (Å²) in [5, 5.41) is 8.48. The van der Waals surface area contributed by atoms with Gasteiger partial charge in [-0.3, -0.25) is 4.79 Å². The molecule has 0 amide bonds. The van der Waals surface area contributed by atoms with E-state index in [0.29, 0.717) is 0 Å². The first-order chi connectivity index (χ1) is 4.68. The van der Waals surface area contributed by atoms with Crippen molar-refractivity contribution >= 4 is 35.5 Å². The second-order valence-corrected chi connectivity index (χ2v) is 2.74. The topological polar surface area (TPSA) is 37.3 Å².